The quantitative estimate of drug-likeness (QED) is 0.800. The summed E-state index contributed by atoms with van der Waals surface area (Å²) in [5.41, 5.74) is 1.12. The summed E-state index contributed by atoms with van der Waals surface area (Å²) in [7, 11) is 6.75. The molecule has 1 aromatic carbocycles. The van der Waals surface area contributed by atoms with E-state index in [0.29, 0.717) is 16.9 Å². The normalized spacial score (nSPS) is 10.6. The molecule has 0 saturated heterocycles. The third kappa shape index (κ3) is 4.34. The minimum atomic E-state index is -0.283. The van der Waals surface area contributed by atoms with E-state index < -0.39 is 0 Å². The van der Waals surface area contributed by atoms with Gasteiger partial charge in [-0.2, -0.15) is 0 Å². The third-order valence-electron chi connectivity index (χ3n) is 3.76. The number of anilines is 1. The van der Waals surface area contributed by atoms with Gasteiger partial charge in [0.25, 0.3) is 5.56 Å². The van der Waals surface area contributed by atoms with Gasteiger partial charge in [-0.05, 0) is 12.1 Å². The lowest BCUT2D eigenvalue weighted by molar-refractivity contribution is -0.130. The van der Waals surface area contributed by atoms with Crippen LogP contribution in [0, 0.1) is 0 Å². The van der Waals surface area contributed by atoms with Crippen molar-refractivity contribution >= 4 is 28.7 Å². The smallest absolute Gasteiger partial charge is 0.293 e. The van der Waals surface area contributed by atoms with Crippen molar-refractivity contribution in [1.29, 1.82) is 0 Å². The van der Waals surface area contributed by atoms with Gasteiger partial charge < -0.3 is 19.7 Å². The fourth-order valence-electron chi connectivity index (χ4n) is 2.33. The highest BCUT2D eigenvalue weighted by molar-refractivity contribution is 5.84. The molecule has 8 heteroatoms. The Bertz CT molecular complexity index is 842. The third-order valence-corrected chi connectivity index (χ3v) is 3.76. The second kappa shape index (κ2) is 7.78. The lowest BCUT2D eigenvalue weighted by atomic mass is 10.2. The number of likely N-dealkylation sites (N-methyl/N-ethyl adjacent to an activating group) is 1. The number of rotatable bonds is 6. The van der Waals surface area contributed by atoms with Crippen LogP contribution in [0.2, 0.25) is 0 Å². The van der Waals surface area contributed by atoms with Gasteiger partial charge in [0, 0.05) is 41.2 Å². The first-order chi connectivity index (χ1) is 11.8. The van der Waals surface area contributed by atoms with Crippen LogP contribution in [0.25, 0.3) is 11.0 Å². The molecule has 0 bridgehead atoms. The van der Waals surface area contributed by atoms with Crippen molar-refractivity contribution in [2.45, 2.75) is 13.0 Å². The number of carbonyl (C=O) groups excluding carboxylic acids is 2. The van der Waals surface area contributed by atoms with Gasteiger partial charge >= 0.3 is 0 Å². The molecule has 134 valence electrons. The average molecular weight is 345 g/mol. The number of hydrogen-bond acceptors (Lipinski definition) is 5. The topological polar surface area (TPSA) is 87.5 Å². The molecule has 0 aliphatic rings. The van der Waals surface area contributed by atoms with Crippen LogP contribution in [0.4, 0.5) is 5.82 Å². The lowest BCUT2D eigenvalue weighted by Gasteiger charge is -2.16. The van der Waals surface area contributed by atoms with Gasteiger partial charge in [0.1, 0.15) is 0 Å². The van der Waals surface area contributed by atoms with Gasteiger partial charge in [-0.15, -0.1) is 0 Å². The van der Waals surface area contributed by atoms with Gasteiger partial charge in [-0.25, -0.2) is 4.98 Å². The van der Waals surface area contributed by atoms with Crippen LogP contribution in [0.5, 0.6) is 0 Å². The van der Waals surface area contributed by atoms with Gasteiger partial charge in [-0.1, -0.05) is 12.1 Å². The molecule has 25 heavy (non-hydrogen) atoms. The van der Waals surface area contributed by atoms with Crippen molar-refractivity contribution in [3.63, 3.8) is 0 Å². The van der Waals surface area contributed by atoms with E-state index in [2.05, 4.69) is 10.3 Å². The first-order valence-corrected chi connectivity index (χ1v) is 7.95. The number of fused-ring (bicyclic) bond motifs is 1. The molecule has 0 spiro atoms. The predicted octanol–water partition coefficient (Wildman–Crippen LogP) is 0.0570. The van der Waals surface area contributed by atoms with E-state index in [1.807, 2.05) is 18.2 Å². The highest BCUT2D eigenvalue weighted by Gasteiger charge is 2.14. The maximum atomic E-state index is 12.7. The summed E-state index contributed by atoms with van der Waals surface area (Å²) < 4.78 is 1.55. The van der Waals surface area contributed by atoms with Crippen molar-refractivity contribution < 1.29 is 9.59 Å². The Morgan fingerprint density at radius 3 is 2.48 bits per heavy atom. The Balaban J connectivity index is 2.20. The molecule has 1 aromatic heterocycles. The summed E-state index contributed by atoms with van der Waals surface area (Å²) in [6, 6.07) is 7.30. The molecular weight excluding hydrogens is 322 g/mol. The highest BCUT2D eigenvalue weighted by atomic mass is 16.2. The van der Waals surface area contributed by atoms with Crippen LogP contribution in [-0.2, 0) is 16.1 Å². The predicted molar refractivity (Wildman–Crippen MR) is 96.7 cm³/mol. The molecule has 2 rings (SSSR count). The minimum Gasteiger partial charge on any atom is -0.358 e. The maximum absolute atomic E-state index is 12.7. The van der Waals surface area contributed by atoms with E-state index in [4.69, 9.17) is 0 Å². The monoisotopic (exact) mass is 345 g/mol. The summed E-state index contributed by atoms with van der Waals surface area (Å²) in [6.07, 6.45) is 0.0987. The lowest BCUT2D eigenvalue weighted by Crippen LogP contribution is -2.37. The molecule has 1 heterocycles. The first-order valence-electron chi connectivity index (χ1n) is 7.95. The Morgan fingerprint density at radius 2 is 1.84 bits per heavy atom. The molecule has 0 saturated carbocycles. The number of nitrogens with zero attached hydrogens (tertiary/aromatic N) is 4. The van der Waals surface area contributed by atoms with Crippen LogP contribution in [0.1, 0.15) is 6.42 Å². The van der Waals surface area contributed by atoms with Gasteiger partial charge in [0.2, 0.25) is 11.8 Å². The van der Waals surface area contributed by atoms with E-state index >= 15 is 0 Å². The maximum Gasteiger partial charge on any atom is 0.293 e. The zero-order valence-corrected chi connectivity index (χ0v) is 14.9. The zero-order valence-electron chi connectivity index (χ0n) is 14.9. The Kier molecular flexibility index (Phi) is 5.74. The van der Waals surface area contributed by atoms with Crippen molar-refractivity contribution in [3.05, 3.63) is 34.6 Å². The van der Waals surface area contributed by atoms with E-state index in [1.54, 1.807) is 43.7 Å². The van der Waals surface area contributed by atoms with Crippen LogP contribution in [0.15, 0.2) is 29.1 Å². The largest absolute Gasteiger partial charge is 0.358 e. The number of nitrogens with one attached hydrogen (secondary N) is 1. The van der Waals surface area contributed by atoms with Crippen molar-refractivity contribution in [2.24, 2.45) is 0 Å². The molecule has 8 nitrogen and oxygen atoms in total. The molecule has 1 N–H and O–H groups in total. The van der Waals surface area contributed by atoms with E-state index in [9.17, 15) is 14.4 Å². The van der Waals surface area contributed by atoms with E-state index in [1.165, 1.54) is 4.90 Å². The van der Waals surface area contributed by atoms with Gasteiger partial charge in [-0.3, -0.25) is 14.4 Å². The zero-order chi connectivity index (χ0) is 18.6. The second-order valence-corrected chi connectivity index (χ2v) is 6.09. The SMILES string of the molecule is CN(C)C(=O)CNC(=O)CCn1c(=O)c(N(C)C)nc2ccccc21. The Morgan fingerprint density at radius 1 is 1.16 bits per heavy atom. The number of para-hydroxylation sites is 2. The molecule has 0 fully saturated rings. The van der Waals surface area contributed by atoms with Crippen LogP contribution < -0.4 is 15.8 Å². The molecule has 0 unspecified atom stereocenters. The fraction of sp³-hybridized carbons (Fsp3) is 0.412. The average Bonchev–Trinajstić information content (AvgIpc) is 2.57. The summed E-state index contributed by atoms with van der Waals surface area (Å²) in [5, 5.41) is 2.57. The molecule has 0 radical (unpaired) electrons. The summed E-state index contributed by atoms with van der Waals surface area (Å²) >= 11 is 0. The Labute approximate surface area is 146 Å². The standard InChI is InChI=1S/C17H23N5O3/c1-20(2)15(24)11-18-14(23)9-10-22-13-8-6-5-7-12(13)19-16(17(22)25)21(3)4/h5-8H,9-11H2,1-4H3,(H,18,23). The van der Waals surface area contributed by atoms with Crippen molar-refractivity contribution in [3.8, 4) is 0 Å². The molecule has 2 amide bonds. The number of aromatic nitrogens is 2. The van der Waals surface area contributed by atoms with Crippen LogP contribution in [0.3, 0.4) is 0 Å². The highest BCUT2D eigenvalue weighted by Crippen LogP contribution is 2.13. The summed E-state index contributed by atoms with van der Waals surface area (Å²) in [6.45, 7) is 0.158. The number of benzene rings is 1. The minimum absolute atomic E-state index is 0.0548. The van der Waals surface area contributed by atoms with Gasteiger partial charge in [0.15, 0.2) is 5.82 Å². The molecular formula is C17H23N5O3. The van der Waals surface area contributed by atoms with E-state index in [0.717, 1.165) is 0 Å². The fourth-order valence-corrected chi connectivity index (χ4v) is 2.33. The molecule has 2 aromatic rings. The molecule has 0 aliphatic carbocycles. The number of carbonyl (C=O) groups is 2. The number of amides is 2. The van der Waals surface area contributed by atoms with E-state index in [-0.39, 0.29) is 36.9 Å². The van der Waals surface area contributed by atoms with Crippen molar-refractivity contribution in [1.82, 2.24) is 19.8 Å². The van der Waals surface area contributed by atoms with Crippen molar-refractivity contribution in [2.75, 3.05) is 39.6 Å². The van der Waals surface area contributed by atoms with Gasteiger partial charge in [0.05, 0.1) is 17.6 Å². The first kappa shape index (κ1) is 18.4. The van der Waals surface area contributed by atoms with Crippen LogP contribution in [-0.4, -0.2) is 61.0 Å². The number of hydrogen-bond donors (Lipinski definition) is 1. The summed E-state index contributed by atoms with van der Waals surface area (Å²) in [5.74, 6) is -0.147. The summed E-state index contributed by atoms with van der Waals surface area (Å²) in [4.78, 5) is 43.6. The van der Waals surface area contributed by atoms with Crippen LogP contribution >= 0.6 is 0 Å². The Hall–Kier alpha value is -2.90. The number of aryl methyl sites for hydroxylation is 1. The second-order valence-electron chi connectivity index (χ2n) is 6.09. The molecule has 0 aliphatic heterocycles. The molecule has 0 atom stereocenters.